The van der Waals surface area contributed by atoms with Crippen molar-refractivity contribution < 1.29 is 9.47 Å². The molecule has 0 amide bonds. The van der Waals surface area contributed by atoms with Crippen molar-refractivity contribution >= 4 is 24.8 Å². The minimum absolute atomic E-state index is 0. The van der Waals surface area contributed by atoms with Crippen LogP contribution in [0.4, 0.5) is 0 Å². The van der Waals surface area contributed by atoms with Crippen molar-refractivity contribution in [3.8, 4) is 11.5 Å². The average molecular weight is 379 g/mol. The predicted molar refractivity (Wildman–Crippen MR) is 105 cm³/mol. The molecule has 0 bridgehead atoms. The molecule has 1 fully saturated rings. The quantitative estimate of drug-likeness (QED) is 0.778. The molecule has 0 unspecified atom stereocenters. The summed E-state index contributed by atoms with van der Waals surface area (Å²) in [7, 11) is 3.43. The third-order valence-electron chi connectivity index (χ3n) is 4.37. The SMILES string of the molecule is COc1cc(OC)cc([C@@H](CCC(C)C)N2CCNCC2)c1.Cl.Cl. The third kappa shape index (κ3) is 6.67. The molecule has 1 N–H and O–H groups in total. The molecule has 24 heavy (non-hydrogen) atoms. The standard InChI is InChI=1S/C18H30N2O2.2ClH/c1-14(2)5-6-18(20-9-7-19-8-10-20)15-11-16(21-3)13-17(12-15)22-4;;/h11-14,18-19H,5-10H2,1-4H3;2*1H/t18-;;/m1../s1. The van der Waals surface area contributed by atoms with Crippen LogP contribution in [0.5, 0.6) is 11.5 Å². The molecule has 0 aliphatic carbocycles. The van der Waals surface area contributed by atoms with Crippen molar-refractivity contribution in [2.45, 2.75) is 32.7 Å². The van der Waals surface area contributed by atoms with Gasteiger partial charge in [0.15, 0.2) is 0 Å². The second-order valence-electron chi connectivity index (χ2n) is 6.42. The van der Waals surface area contributed by atoms with Gasteiger partial charge in [-0.3, -0.25) is 4.90 Å². The van der Waals surface area contributed by atoms with Crippen molar-refractivity contribution in [2.24, 2.45) is 5.92 Å². The van der Waals surface area contributed by atoms with Crippen molar-refractivity contribution in [2.75, 3.05) is 40.4 Å². The number of benzene rings is 1. The van der Waals surface area contributed by atoms with Crippen LogP contribution in [0, 0.1) is 5.92 Å². The summed E-state index contributed by atoms with van der Waals surface area (Å²) in [6, 6.07) is 6.71. The Morgan fingerprint density at radius 2 is 1.50 bits per heavy atom. The number of methoxy groups -OCH3 is 2. The minimum Gasteiger partial charge on any atom is -0.497 e. The van der Waals surface area contributed by atoms with Crippen molar-refractivity contribution in [1.29, 1.82) is 0 Å². The van der Waals surface area contributed by atoms with Gasteiger partial charge in [-0.1, -0.05) is 13.8 Å². The van der Waals surface area contributed by atoms with E-state index in [0.29, 0.717) is 6.04 Å². The third-order valence-corrected chi connectivity index (χ3v) is 4.37. The fourth-order valence-electron chi connectivity index (χ4n) is 3.07. The Morgan fingerprint density at radius 3 is 1.96 bits per heavy atom. The molecule has 6 heteroatoms. The summed E-state index contributed by atoms with van der Waals surface area (Å²) in [6.45, 7) is 8.92. The molecule has 0 saturated carbocycles. The van der Waals surface area contributed by atoms with Crippen LogP contribution in [0.2, 0.25) is 0 Å². The molecule has 1 aromatic rings. The Bertz CT molecular complexity index is 444. The van der Waals surface area contributed by atoms with E-state index >= 15 is 0 Å². The van der Waals surface area contributed by atoms with Crippen molar-refractivity contribution in [3.05, 3.63) is 23.8 Å². The molecule has 1 atom stereocenters. The van der Waals surface area contributed by atoms with Crippen LogP contribution in [0.1, 0.15) is 38.3 Å². The maximum absolute atomic E-state index is 5.45. The van der Waals surface area contributed by atoms with Crippen LogP contribution in [-0.2, 0) is 0 Å². The summed E-state index contributed by atoms with van der Waals surface area (Å²) < 4.78 is 10.9. The van der Waals surface area contributed by atoms with Gasteiger partial charge >= 0.3 is 0 Å². The zero-order chi connectivity index (χ0) is 15.9. The molecule has 4 nitrogen and oxygen atoms in total. The van der Waals surface area contributed by atoms with Crippen LogP contribution >= 0.6 is 24.8 Å². The molecule has 0 aromatic heterocycles. The van der Waals surface area contributed by atoms with E-state index in [0.717, 1.165) is 43.6 Å². The highest BCUT2D eigenvalue weighted by Gasteiger charge is 2.23. The summed E-state index contributed by atoms with van der Waals surface area (Å²) in [5, 5.41) is 3.44. The van der Waals surface area contributed by atoms with E-state index in [1.165, 1.54) is 18.4 Å². The number of halogens is 2. The smallest absolute Gasteiger partial charge is 0.122 e. The first-order valence-electron chi connectivity index (χ1n) is 8.31. The molecule has 140 valence electrons. The molecular weight excluding hydrogens is 347 g/mol. The van der Waals surface area contributed by atoms with E-state index < -0.39 is 0 Å². The topological polar surface area (TPSA) is 33.7 Å². The van der Waals surface area contributed by atoms with Gasteiger partial charge in [-0.05, 0) is 36.5 Å². The number of nitrogens with one attached hydrogen (secondary N) is 1. The first-order chi connectivity index (χ1) is 10.6. The van der Waals surface area contributed by atoms with Gasteiger partial charge in [0.25, 0.3) is 0 Å². The molecule has 0 radical (unpaired) electrons. The molecule has 1 heterocycles. The highest BCUT2D eigenvalue weighted by Crippen LogP contribution is 2.33. The number of piperazine rings is 1. The maximum Gasteiger partial charge on any atom is 0.122 e. The van der Waals surface area contributed by atoms with Crippen LogP contribution in [0.25, 0.3) is 0 Å². The van der Waals surface area contributed by atoms with Crippen LogP contribution < -0.4 is 14.8 Å². The lowest BCUT2D eigenvalue weighted by molar-refractivity contribution is 0.159. The Balaban J connectivity index is 0.00000264. The van der Waals surface area contributed by atoms with Gasteiger partial charge in [-0.15, -0.1) is 24.8 Å². The van der Waals surface area contributed by atoms with E-state index in [2.05, 4.69) is 36.2 Å². The van der Waals surface area contributed by atoms with E-state index in [9.17, 15) is 0 Å². The zero-order valence-corrected chi connectivity index (χ0v) is 16.8. The first kappa shape index (κ1) is 23.3. The average Bonchev–Trinajstić information content (AvgIpc) is 2.55. The number of nitrogens with zero attached hydrogens (tertiary/aromatic N) is 1. The predicted octanol–water partition coefficient (Wildman–Crippen LogP) is 3.93. The Kier molecular flexibility index (Phi) is 11.5. The second-order valence-corrected chi connectivity index (χ2v) is 6.42. The van der Waals surface area contributed by atoms with Gasteiger partial charge in [0, 0.05) is 38.3 Å². The molecule has 0 spiro atoms. The Morgan fingerprint density at radius 1 is 0.958 bits per heavy atom. The summed E-state index contributed by atoms with van der Waals surface area (Å²) in [6.07, 6.45) is 2.40. The van der Waals surface area contributed by atoms with Crippen LogP contribution in [-0.4, -0.2) is 45.3 Å². The van der Waals surface area contributed by atoms with Gasteiger partial charge in [-0.25, -0.2) is 0 Å². The molecule has 1 saturated heterocycles. The minimum atomic E-state index is 0. The van der Waals surface area contributed by atoms with Gasteiger partial charge < -0.3 is 14.8 Å². The fourth-order valence-corrected chi connectivity index (χ4v) is 3.07. The molecule has 1 aliphatic heterocycles. The largest absolute Gasteiger partial charge is 0.497 e. The van der Waals surface area contributed by atoms with Gasteiger partial charge in [0.05, 0.1) is 14.2 Å². The lowest BCUT2D eigenvalue weighted by atomic mass is 9.95. The van der Waals surface area contributed by atoms with E-state index in [1.807, 2.05) is 6.07 Å². The molecular formula is C18H32Cl2N2O2. The second kappa shape index (κ2) is 11.8. The number of hydrogen-bond donors (Lipinski definition) is 1. The fraction of sp³-hybridized carbons (Fsp3) is 0.667. The Labute approximate surface area is 159 Å². The Hall–Kier alpha value is -0.680. The summed E-state index contributed by atoms with van der Waals surface area (Å²) in [4.78, 5) is 2.59. The summed E-state index contributed by atoms with van der Waals surface area (Å²) in [5.74, 6) is 2.47. The monoisotopic (exact) mass is 378 g/mol. The van der Waals surface area contributed by atoms with Crippen LogP contribution in [0.3, 0.4) is 0 Å². The lowest BCUT2D eigenvalue weighted by Crippen LogP contribution is -2.45. The van der Waals surface area contributed by atoms with Crippen LogP contribution in [0.15, 0.2) is 18.2 Å². The maximum atomic E-state index is 5.45. The first-order valence-corrected chi connectivity index (χ1v) is 8.31. The summed E-state index contributed by atoms with van der Waals surface area (Å²) >= 11 is 0. The highest BCUT2D eigenvalue weighted by molar-refractivity contribution is 5.85. The molecule has 1 aliphatic rings. The summed E-state index contributed by atoms with van der Waals surface area (Å²) in [5.41, 5.74) is 1.30. The van der Waals surface area contributed by atoms with Gasteiger partial charge in [-0.2, -0.15) is 0 Å². The zero-order valence-electron chi connectivity index (χ0n) is 15.2. The normalized spacial score (nSPS) is 16.0. The number of ether oxygens (including phenoxy) is 2. The van der Waals surface area contributed by atoms with Gasteiger partial charge in [0.1, 0.15) is 11.5 Å². The molecule has 1 aromatic carbocycles. The number of hydrogen-bond acceptors (Lipinski definition) is 4. The molecule has 2 rings (SSSR count). The van der Waals surface area contributed by atoms with E-state index in [1.54, 1.807) is 14.2 Å². The van der Waals surface area contributed by atoms with Gasteiger partial charge in [0.2, 0.25) is 0 Å². The van der Waals surface area contributed by atoms with E-state index in [-0.39, 0.29) is 24.8 Å². The highest BCUT2D eigenvalue weighted by atomic mass is 35.5. The van der Waals surface area contributed by atoms with E-state index in [4.69, 9.17) is 9.47 Å². The number of rotatable bonds is 7. The lowest BCUT2D eigenvalue weighted by Gasteiger charge is -2.36. The van der Waals surface area contributed by atoms with Crippen molar-refractivity contribution in [1.82, 2.24) is 10.2 Å². The van der Waals surface area contributed by atoms with Crippen molar-refractivity contribution in [3.63, 3.8) is 0 Å².